The van der Waals surface area contributed by atoms with Gasteiger partial charge in [-0.05, 0) is 72.9 Å². The van der Waals surface area contributed by atoms with Gasteiger partial charge in [-0.2, -0.15) is 0 Å². The van der Waals surface area contributed by atoms with Gasteiger partial charge in [0.1, 0.15) is 5.82 Å². The van der Waals surface area contributed by atoms with Gasteiger partial charge in [0.15, 0.2) is 5.11 Å². The highest BCUT2D eigenvalue weighted by Crippen LogP contribution is 2.15. The summed E-state index contributed by atoms with van der Waals surface area (Å²) in [6, 6.07) is 19.0. The van der Waals surface area contributed by atoms with Crippen LogP contribution in [0, 0.1) is 5.82 Å². The number of nitrogens with one attached hydrogen (secondary N) is 3. The molecule has 0 heterocycles. The maximum atomic E-state index is 13.0. The fraction of sp³-hybridized carbons (Fsp3) is 0. The maximum Gasteiger partial charge on any atom is 0.257 e. The Labute approximate surface area is 180 Å². The highest BCUT2D eigenvalue weighted by Gasteiger charge is 2.10. The minimum atomic E-state index is -0.382. The zero-order valence-corrected chi connectivity index (χ0v) is 17.3. The first kappa shape index (κ1) is 20.6. The largest absolute Gasteiger partial charge is 0.332 e. The second kappa shape index (κ2) is 9.40. The van der Waals surface area contributed by atoms with Gasteiger partial charge < -0.3 is 10.6 Å². The lowest BCUT2D eigenvalue weighted by Gasteiger charge is -2.11. The number of benzene rings is 3. The molecule has 3 N–H and O–H groups in total. The molecule has 0 aromatic heterocycles. The SMILES string of the molecule is O=C(NC(=S)Nc1cccc(C(=O)Nc2ccc(F)cc2)c1)c1cccc(Br)c1. The summed E-state index contributed by atoms with van der Waals surface area (Å²) in [5.74, 6) is -1.09. The number of amides is 2. The van der Waals surface area contributed by atoms with E-state index in [9.17, 15) is 14.0 Å². The lowest BCUT2D eigenvalue weighted by molar-refractivity contribution is 0.0976. The van der Waals surface area contributed by atoms with Crippen molar-refractivity contribution in [3.63, 3.8) is 0 Å². The Morgan fingerprint density at radius 3 is 2.14 bits per heavy atom. The standard InChI is InChI=1S/C21H15BrFN3O2S/c22-15-5-1-3-13(11-15)20(28)26-21(29)25-18-6-2-4-14(12-18)19(27)24-17-9-7-16(23)8-10-17/h1-12H,(H,24,27)(H2,25,26,28,29). The smallest absolute Gasteiger partial charge is 0.257 e. The quantitative estimate of drug-likeness (QED) is 0.470. The number of hydrogen-bond acceptors (Lipinski definition) is 3. The average molecular weight is 472 g/mol. The van der Waals surface area contributed by atoms with Crippen LogP contribution in [0.5, 0.6) is 0 Å². The second-order valence-electron chi connectivity index (χ2n) is 5.96. The minimum absolute atomic E-state index is 0.103. The Morgan fingerprint density at radius 1 is 0.793 bits per heavy atom. The molecule has 0 spiro atoms. The predicted octanol–water partition coefficient (Wildman–Crippen LogP) is 4.97. The van der Waals surface area contributed by atoms with Crippen molar-refractivity contribution < 1.29 is 14.0 Å². The second-order valence-corrected chi connectivity index (χ2v) is 7.28. The number of carbonyl (C=O) groups excluding carboxylic acids is 2. The van der Waals surface area contributed by atoms with Crippen LogP contribution in [0.2, 0.25) is 0 Å². The molecule has 0 bridgehead atoms. The van der Waals surface area contributed by atoms with Gasteiger partial charge in [-0.3, -0.25) is 14.9 Å². The summed E-state index contributed by atoms with van der Waals surface area (Å²) in [5, 5.41) is 8.26. The van der Waals surface area contributed by atoms with Gasteiger partial charge >= 0.3 is 0 Å². The van der Waals surface area contributed by atoms with Crippen molar-refractivity contribution in [3.8, 4) is 0 Å². The number of halogens is 2. The predicted molar refractivity (Wildman–Crippen MR) is 119 cm³/mol. The molecular weight excluding hydrogens is 457 g/mol. The van der Waals surface area contributed by atoms with Crippen molar-refractivity contribution in [2.75, 3.05) is 10.6 Å². The molecule has 0 saturated heterocycles. The summed E-state index contributed by atoms with van der Waals surface area (Å²) in [4.78, 5) is 24.6. The average Bonchev–Trinajstić information content (AvgIpc) is 2.69. The molecule has 0 aliphatic carbocycles. The van der Waals surface area contributed by atoms with Crippen LogP contribution >= 0.6 is 28.1 Å². The molecule has 0 fully saturated rings. The molecule has 0 atom stereocenters. The third-order valence-corrected chi connectivity index (χ3v) is 4.50. The normalized spacial score (nSPS) is 10.1. The molecule has 29 heavy (non-hydrogen) atoms. The molecular formula is C21H15BrFN3O2S. The van der Waals surface area contributed by atoms with Crippen LogP contribution < -0.4 is 16.0 Å². The fourth-order valence-electron chi connectivity index (χ4n) is 2.44. The first-order chi connectivity index (χ1) is 13.9. The van der Waals surface area contributed by atoms with Crippen LogP contribution in [-0.4, -0.2) is 16.9 Å². The third kappa shape index (κ3) is 5.94. The number of rotatable bonds is 4. The van der Waals surface area contributed by atoms with E-state index in [2.05, 4.69) is 31.9 Å². The van der Waals surface area contributed by atoms with Crippen molar-refractivity contribution in [1.29, 1.82) is 0 Å². The van der Waals surface area contributed by atoms with Crippen LogP contribution in [-0.2, 0) is 0 Å². The first-order valence-corrected chi connectivity index (χ1v) is 9.66. The van der Waals surface area contributed by atoms with E-state index in [0.717, 1.165) is 4.47 Å². The number of carbonyl (C=O) groups is 2. The Morgan fingerprint density at radius 2 is 1.45 bits per heavy atom. The molecule has 3 aromatic rings. The van der Waals surface area contributed by atoms with E-state index < -0.39 is 0 Å². The fourth-order valence-corrected chi connectivity index (χ4v) is 3.05. The van der Waals surface area contributed by atoms with Crippen molar-refractivity contribution in [1.82, 2.24) is 5.32 Å². The molecule has 0 saturated carbocycles. The molecule has 3 rings (SSSR count). The Bertz CT molecular complexity index is 1070. The zero-order valence-electron chi connectivity index (χ0n) is 14.9. The van der Waals surface area contributed by atoms with E-state index in [-0.39, 0.29) is 22.7 Å². The van der Waals surface area contributed by atoms with Crippen molar-refractivity contribution in [2.24, 2.45) is 0 Å². The van der Waals surface area contributed by atoms with Gasteiger partial charge in [-0.1, -0.05) is 28.1 Å². The summed E-state index contributed by atoms with van der Waals surface area (Å²) in [7, 11) is 0. The first-order valence-electron chi connectivity index (χ1n) is 8.45. The summed E-state index contributed by atoms with van der Waals surface area (Å²) < 4.78 is 13.8. The summed E-state index contributed by atoms with van der Waals surface area (Å²) in [5.41, 5.74) is 1.85. The zero-order chi connectivity index (χ0) is 20.8. The lowest BCUT2D eigenvalue weighted by Crippen LogP contribution is -2.34. The van der Waals surface area contributed by atoms with E-state index in [4.69, 9.17) is 12.2 Å². The van der Waals surface area contributed by atoms with Crippen LogP contribution in [0.25, 0.3) is 0 Å². The topological polar surface area (TPSA) is 70.2 Å². The van der Waals surface area contributed by atoms with Gasteiger partial charge in [0.25, 0.3) is 11.8 Å². The van der Waals surface area contributed by atoms with Crippen molar-refractivity contribution >= 4 is 56.4 Å². The van der Waals surface area contributed by atoms with Crippen LogP contribution in [0.3, 0.4) is 0 Å². The van der Waals surface area contributed by atoms with Gasteiger partial charge in [-0.15, -0.1) is 0 Å². The molecule has 3 aromatic carbocycles. The molecule has 0 unspecified atom stereocenters. The molecule has 2 amide bonds. The van der Waals surface area contributed by atoms with Crippen LogP contribution in [0.15, 0.2) is 77.3 Å². The van der Waals surface area contributed by atoms with Gasteiger partial charge in [0, 0.05) is 27.0 Å². The van der Waals surface area contributed by atoms with E-state index in [1.54, 1.807) is 42.5 Å². The lowest BCUT2D eigenvalue weighted by atomic mass is 10.2. The highest BCUT2D eigenvalue weighted by atomic mass is 79.9. The molecule has 5 nitrogen and oxygen atoms in total. The van der Waals surface area contributed by atoms with Gasteiger partial charge in [0.05, 0.1) is 0 Å². The number of anilines is 2. The Hall–Kier alpha value is -3.10. The van der Waals surface area contributed by atoms with E-state index in [1.807, 2.05) is 6.07 Å². The molecule has 8 heteroatoms. The third-order valence-electron chi connectivity index (χ3n) is 3.80. The molecule has 146 valence electrons. The molecule has 0 aliphatic rings. The van der Waals surface area contributed by atoms with Gasteiger partial charge in [-0.25, -0.2) is 4.39 Å². The van der Waals surface area contributed by atoms with E-state index in [1.165, 1.54) is 24.3 Å². The van der Waals surface area contributed by atoms with Crippen LogP contribution in [0.4, 0.5) is 15.8 Å². The summed E-state index contributed by atoms with van der Waals surface area (Å²) in [6.07, 6.45) is 0. The number of thiocarbonyl (C=S) groups is 1. The monoisotopic (exact) mass is 471 g/mol. The van der Waals surface area contributed by atoms with E-state index in [0.29, 0.717) is 22.5 Å². The minimum Gasteiger partial charge on any atom is -0.332 e. The van der Waals surface area contributed by atoms with Crippen LogP contribution in [0.1, 0.15) is 20.7 Å². The van der Waals surface area contributed by atoms with Crippen molar-refractivity contribution in [2.45, 2.75) is 0 Å². The molecule has 0 aliphatic heterocycles. The summed E-state index contributed by atoms with van der Waals surface area (Å²) >= 11 is 8.49. The highest BCUT2D eigenvalue weighted by molar-refractivity contribution is 9.10. The van der Waals surface area contributed by atoms with Gasteiger partial charge in [0.2, 0.25) is 0 Å². The molecule has 0 radical (unpaired) electrons. The van der Waals surface area contributed by atoms with E-state index >= 15 is 0 Å². The summed E-state index contributed by atoms with van der Waals surface area (Å²) in [6.45, 7) is 0. The number of hydrogen-bond donors (Lipinski definition) is 3. The van der Waals surface area contributed by atoms with Crippen molar-refractivity contribution in [3.05, 3.63) is 94.2 Å². The Balaban J connectivity index is 1.63. The Kier molecular flexibility index (Phi) is 6.69. The maximum absolute atomic E-state index is 13.0.